The molecule has 0 aromatic carbocycles. The first-order chi connectivity index (χ1) is 5.75. The molecule has 0 bridgehead atoms. The molecule has 1 saturated heterocycles. The largest absolute Gasteiger partial charge is 0.371 e. The molecule has 6 nitrogen and oxygen atoms in total. The molecule has 0 aliphatic carbocycles. The molecule has 0 N–H and O–H groups in total. The summed E-state index contributed by atoms with van der Waals surface area (Å²) in [7, 11) is 0. The van der Waals surface area contributed by atoms with Crippen molar-refractivity contribution in [1.82, 2.24) is 9.78 Å². The van der Waals surface area contributed by atoms with Gasteiger partial charge >= 0.3 is 5.69 Å². The summed E-state index contributed by atoms with van der Waals surface area (Å²) in [6.07, 6.45) is 2.84. The first kappa shape index (κ1) is 7.23. The van der Waals surface area contributed by atoms with Crippen LogP contribution in [0.1, 0.15) is 0 Å². The predicted octanol–water partition coefficient (Wildman–Crippen LogP) is 0.190. The number of epoxide rings is 1. The van der Waals surface area contributed by atoms with Crippen molar-refractivity contribution in [3.63, 3.8) is 0 Å². The third-order valence-electron chi connectivity index (χ3n) is 1.62. The van der Waals surface area contributed by atoms with Gasteiger partial charge in [0.05, 0.1) is 18.1 Å². The number of nitrogens with zero attached hydrogens (tertiary/aromatic N) is 3. The fourth-order valence-electron chi connectivity index (χ4n) is 0.929. The van der Waals surface area contributed by atoms with E-state index in [9.17, 15) is 10.1 Å². The quantitative estimate of drug-likeness (QED) is 0.367. The van der Waals surface area contributed by atoms with Crippen LogP contribution < -0.4 is 0 Å². The van der Waals surface area contributed by atoms with E-state index in [1.165, 1.54) is 17.1 Å². The third kappa shape index (κ3) is 1.42. The van der Waals surface area contributed by atoms with Gasteiger partial charge in [-0.05, 0) is 0 Å². The molecule has 1 aromatic rings. The van der Waals surface area contributed by atoms with E-state index in [0.717, 1.165) is 6.61 Å². The molecule has 1 fully saturated rings. The molecule has 1 aromatic heterocycles. The maximum Gasteiger partial charge on any atom is 0.306 e. The topological polar surface area (TPSA) is 73.5 Å². The Morgan fingerprint density at radius 2 is 2.67 bits per heavy atom. The van der Waals surface area contributed by atoms with Crippen molar-refractivity contribution in [2.75, 3.05) is 6.61 Å². The second kappa shape index (κ2) is 2.56. The standard InChI is InChI=1S/C6H7N3O3/c10-9(11)5-1-7-8(2-5)3-6-4-12-6/h1-2,6H,3-4H2/t6-/m0/s1. The molecule has 0 saturated carbocycles. The maximum atomic E-state index is 10.2. The van der Waals surface area contributed by atoms with Crippen molar-refractivity contribution in [2.45, 2.75) is 12.6 Å². The van der Waals surface area contributed by atoms with Gasteiger partial charge in [0, 0.05) is 0 Å². The molecule has 2 rings (SSSR count). The van der Waals surface area contributed by atoms with Crippen LogP contribution >= 0.6 is 0 Å². The van der Waals surface area contributed by atoms with Crippen molar-refractivity contribution in [1.29, 1.82) is 0 Å². The molecule has 0 amide bonds. The Morgan fingerprint density at radius 1 is 1.92 bits per heavy atom. The molecular weight excluding hydrogens is 162 g/mol. The van der Waals surface area contributed by atoms with Crippen molar-refractivity contribution < 1.29 is 9.66 Å². The molecule has 64 valence electrons. The number of hydrogen-bond acceptors (Lipinski definition) is 4. The first-order valence-electron chi connectivity index (χ1n) is 3.54. The maximum absolute atomic E-state index is 10.2. The number of ether oxygens (including phenoxy) is 1. The molecule has 2 heterocycles. The minimum absolute atomic E-state index is 0.0238. The minimum Gasteiger partial charge on any atom is -0.371 e. The van der Waals surface area contributed by atoms with E-state index in [4.69, 9.17) is 4.74 Å². The van der Waals surface area contributed by atoms with Crippen LogP contribution in [-0.2, 0) is 11.3 Å². The Labute approximate surface area is 67.9 Å². The Hall–Kier alpha value is -1.43. The molecule has 1 aliphatic rings. The number of rotatable bonds is 3. The van der Waals surface area contributed by atoms with Crippen LogP contribution in [0, 0.1) is 10.1 Å². The van der Waals surface area contributed by atoms with E-state index in [1.54, 1.807) is 0 Å². The number of nitro groups is 1. The van der Waals surface area contributed by atoms with Crippen LogP contribution in [0.3, 0.4) is 0 Å². The van der Waals surface area contributed by atoms with E-state index in [-0.39, 0.29) is 11.8 Å². The van der Waals surface area contributed by atoms with Gasteiger partial charge in [0.2, 0.25) is 0 Å². The van der Waals surface area contributed by atoms with E-state index in [2.05, 4.69) is 5.10 Å². The van der Waals surface area contributed by atoms with E-state index >= 15 is 0 Å². The smallest absolute Gasteiger partial charge is 0.306 e. The second-order valence-electron chi connectivity index (χ2n) is 2.63. The van der Waals surface area contributed by atoms with Crippen LogP contribution in [0.2, 0.25) is 0 Å². The summed E-state index contributed by atoms with van der Waals surface area (Å²) in [5, 5.41) is 14.0. The van der Waals surface area contributed by atoms with E-state index in [1.807, 2.05) is 0 Å². The zero-order chi connectivity index (χ0) is 8.55. The average molecular weight is 169 g/mol. The van der Waals surface area contributed by atoms with Gasteiger partial charge in [0.1, 0.15) is 18.5 Å². The van der Waals surface area contributed by atoms with Gasteiger partial charge in [0.25, 0.3) is 0 Å². The minimum atomic E-state index is -0.461. The summed E-state index contributed by atoms with van der Waals surface area (Å²) in [6, 6.07) is 0. The summed E-state index contributed by atoms with van der Waals surface area (Å²) < 4.78 is 6.48. The summed E-state index contributed by atoms with van der Waals surface area (Å²) in [6.45, 7) is 1.33. The zero-order valence-electron chi connectivity index (χ0n) is 6.21. The zero-order valence-corrected chi connectivity index (χ0v) is 6.21. The lowest BCUT2D eigenvalue weighted by atomic mass is 10.5. The highest BCUT2D eigenvalue weighted by Crippen LogP contribution is 2.13. The highest BCUT2D eigenvalue weighted by molar-refractivity contribution is 5.20. The van der Waals surface area contributed by atoms with Crippen LogP contribution in [-0.4, -0.2) is 27.4 Å². The Kier molecular flexibility index (Phi) is 1.54. The first-order valence-corrected chi connectivity index (χ1v) is 3.54. The molecule has 6 heteroatoms. The van der Waals surface area contributed by atoms with Crippen LogP contribution in [0.15, 0.2) is 12.4 Å². The van der Waals surface area contributed by atoms with Gasteiger partial charge in [-0.3, -0.25) is 14.8 Å². The molecule has 0 unspecified atom stereocenters. The normalized spacial score (nSPS) is 20.8. The summed E-state index contributed by atoms with van der Waals surface area (Å²) in [4.78, 5) is 9.78. The third-order valence-corrected chi connectivity index (χ3v) is 1.62. The lowest BCUT2D eigenvalue weighted by Gasteiger charge is -1.92. The second-order valence-corrected chi connectivity index (χ2v) is 2.63. The Bertz CT molecular complexity index is 305. The van der Waals surface area contributed by atoms with Gasteiger partial charge < -0.3 is 4.74 Å². The molecule has 1 aliphatic heterocycles. The van der Waals surface area contributed by atoms with Gasteiger partial charge in [-0.2, -0.15) is 5.10 Å². The lowest BCUT2D eigenvalue weighted by Crippen LogP contribution is -2.03. The fourth-order valence-corrected chi connectivity index (χ4v) is 0.929. The lowest BCUT2D eigenvalue weighted by molar-refractivity contribution is -0.385. The molecular formula is C6H7N3O3. The predicted molar refractivity (Wildman–Crippen MR) is 38.6 cm³/mol. The fraction of sp³-hybridized carbons (Fsp3) is 0.500. The van der Waals surface area contributed by atoms with E-state index < -0.39 is 4.92 Å². The summed E-state index contributed by atoms with van der Waals surface area (Å²) >= 11 is 0. The van der Waals surface area contributed by atoms with Gasteiger partial charge in [-0.25, -0.2) is 0 Å². The van der Waals surface area contributed by atoms with Gasteiger partial charge in [0.15, 0.2) is 0 Å². The summed E-state index contributed by atoms with van der Waals surface area (Å²) in [5.41, 5.74) is 0.0238. The van der Waals surface area contributed by atoms with Crippen molar-refractivity contribution in [2.24, 2.45) is 0 Å². The SMILES string of the molecule is O=[N+]([O-])c1cnn(C[C@H]2CO2)c1. The highest BCUT2D eigenvalue weighted by Gasteiger charge is 2.23. The Morgan fingerprint density at radius 3 is 3.17 bits per heavy atom. The van der Waals surface area contributed by atoms with Gasteiger partial charge in [-0.1, -0.05) is 0 Å². The van der Waals surface area contributed by atoms with Crippen LogP contribution in [0.5, 0.6) is 0 Å². The monoisotopic (exact) mass is 169 g/mol. The average Bonchev–Trinajstić information content (AvgIpc) is 2.66. The van der Waals surface area contributed by atoms with Crippen LogP contribution in [0.4, 0.5) is 5.69 Å². The number of aromatic nitrogens is 2. The highest BCUT2D eigenvalue weighted by atomic mass is 16.6. The summed E-state index contributed by atoms with van der Waals surface area (Å²) in [5.74, 6) is 0. The van der Waals surface area contributed by atoms with Crippen molar-refractivity contribution >= 4 is 5.69 Å². The number of hydrogen-bond donors (Lipinski definition) is 0. The van der Waals surface area contributed by atoms with Crippen molar-refractivity contribution in [3.05, 3.63) is 22.5 Å². The van der Waals surface area contributed by atoms with E-state index in [0.29, 0.717) is 6.54 Å². The Balaban J connectivity index is 2.06. The molecule has 0 radical (unpaired) electrons. The van der Waals surface area contributed by atoms with Gasteiger partial charge in [-0.15, -0.1) is 0 Å². The molecule has 0 spiro atoms. The van der Waals surface area contributed by atoms with Crippen molar-refractivity contribution in [3.8, 4) is 0 Å². The molecule has 1 atom stereocenters. The molecule has 12 heavy (non-hydrogen) atoms. The van der Waals surface area contributed by atoms with Crippen LogP contribution in [0.25, 0.3) is 0 Å².